The summed E-state index contributed by atoms with van der Waals surface area (Å²) in [7, 11) is 0. The number of nitrogens with one attached hydrogen (secondary N) is 1. The summed E-state index contributed by atoms with van der Waals surface area (Å²) in [5.74, 6) is 0. The van der Waals surface area contributed by atoms with Gasteiger partial charge in [-0.05, 0) is 33.7 Å². The monoisotopic (exact) mass is 203 g/mol. The Morgan fingerprint density at radius 2 is 1.71 bits per heavy atom. The molecule has 0 fully saturated rings. The number of hydrogen-bond acceptors (Lipinski definition) is 3. The minimum atomic E-state index is -0.0518. The van der Waals surface area contributed by atoms with Gasteiger partial charge in [-0.25, -0.2) is 0 Å². The summed E-state index contributed by atoms with van der Waals surface area (Å²) < 4.78 is 10.9. The zero-order valence-electron chi connectivity index (χ0n) is 10.1. The summed E-state index contributed by atoms with van der Waals surface area (Å²) in [6.07, 6.45) is 1.17. The molecule has 3 heteroatoms. The second kappa shape index (κ2) is 8.21. The summed E-state index contributed by atoms with van der Waals surface area (Å²) >= 11 is 0. The lowest BCUT2D eigenvalue weighted by Crippen LogP contribution is -2.24. The van der Waals surface area contributed by atoms with Crippen LogP contribution in [-0.4, -0.2) is 38.5 Å². The van der Waals surface area contributed by atoms with Crippen molar-refractivity contribution in [2.45, 2.75) is 39.7 Å². The van der Waals surface area contributed by atoms with Crippen LogP contribution in [0.2, 0.25) is 0 Å². The molecule has 0 saturated heterocycles. The second-order valence-corrected chi connectivity index (χ2v) is 4.32. The second-order valence-electron chi connectivity index (χ2n) is 4.32. The molecular weight excluding hydrogens is 178 g/mol. The van der Waals surface area contributed by atoms with Gasteiger partial charge in [0.2, 0.25) is 0 Å². The van der Waals surface area contributed by atoms with E-state index in [9.17, 15) is 0 Å². The summed E-state index contributed by atoms with van der Waals surface area (Å²) in [6, 6.07) is 0. The fourth-order valence-electron chi connectivity index (χ4n) is 0.955. The molecule has 0 aromatic rings. The Bertz CT molecular complexity index is 121. The maximum Gasteiger partial charge on any atom is 0.0707 e. The predicted molar refractivity (Wildman–Crippen MR) is 59.7 cm³/mol. The average molecular weight is 203 g/mol. The van der Waals surface area contributed by atoms with Crippen LogP contribution in [0.25, 0.3) is 0 Å². The van der Waals surface area contributed by atoms with Gasteiger partial charge in [0.1, 0.15) is 0 Å². The Hall–Kier alpha value is -0.120. The van der Waals surface area contributed by atoms with Crippen molar-refractivity contribution in [3.8, 4) is 0 Å². The van der Waals surface area contributed by atoms with E-state index < -0.39 is 0 Å². The number of hydrogen-bond donors (Lipinski definition) is 1. The Balaban J connectivity index is 2.99. The highest BCUT2D eigenvalue weighted by Crippen LogP contribution is 2.05. The van der Waals surface area contributed by atoms with E-state index in [0.717, 1.165) is 19.7 Å². The van der Waals surface area contributed by atoms with Crippen molar-refractivity contribution in [1.82, 2.24) is 5.32 Å². The lowest BCUT2D eigenvalue weighted by Gasteiger charge is -2.19. The Morgan fingerprint density at radius 3 is 2.29 bits per heavy atom. The number of ether oxygens (including phenoxy) is 2. The molecule has 1 N–H and O–H groups in total. The maximum absolute atomic E-state index is 5.51. The lowest BCUT2D eigenvalue weighted by atomic mass is 10.2. The molecule has 3 nitrogen and oxygen atoms in total. The van der Waals surface area contributed by atoms with Crippen LogP contribution in [0, 0.1) is 0 Å². The van der Waals surface area contributed by atoms with Gasteiger partial charge in [0.15, 0.2) is 0 Å². The Kier molecular flexibility index (Phi) is 8.14. The van der Waals surface area contributed by atoms with E-state index in [1.165, 1.54) is 6.42 Å². The highest BCUT2D eigenvalue weighted by molar-refractivity contribution is 4.57. The van der Waals surface area contributed by atoms with Gasteiger partial charge >= 0.3 is 0 Å². The van der Waals surface area contributed by atoms with Crippen LogP contribution in [-0.2, 0) is 9.47 Å². The molecule has 0 aliphatic heterocycles. The van der Waals surface area contributed by atoms with Crippen molar-refractivity contribution in [3.63, 3.8) is 0 Å². The molecule has 0 rings (SSSR count). The fourth-order valence-corrected chi connectivity index (χ4v) is 0.955. The van der Waals surface area contributed by atoms with E-state index in [2.05, 4.69) is 33.0 Å². The van der Waals surface area contributed by atoms with Gasteiger partial charge in [-0.1, -0.05) is 6.92 Å². The van der Waals surface area contributed by atoms with Crippen molar-refractivity contribution in [2.75, 3.05) is 32.9 Å². The van der Waals surface area contributed by atoms with Gasteiger partial charge < -0.3 is 14.8 Å². The molecule has 0 aliphatic rings. The van der Waals surface area contributed by atoms with E-state index >= 15 is 0 Å². The lowest BCUT2D eigenvalue weighted by molar-refractivity contribution is -0.0343. The molecule has 0 aromatic carbocycles. The van der Waals surface area contributed by atoms with Gasteiger partial charge in [0.05, 0.1) is 25.4 Å². The van der Waals surface area contributed by atoms with Crippen molar-refractivity contribution in [3.05, 3.63) is 0 Å². The summed E-state index contributed by atoms with van der Waals surface area (Å²) in [6.45, 7) is 12.5. The maximum atomic E-state index is 5.51. The summed E-state index contributed by atoms with van der Waals surface area (Å²) in [5.41, 5.74) is -0.0518. The van der Waals surface area contributed by atoms with Gasteiger partial charge in [-0.3, -0.25) is 0 Å². The minimum absolute atomic E-state index is 0.0518. The highest BCUT2D eigenvalue weighted by Gasteiger charge is 2.08. The van der Waals surface area contributed by atoms with Crippen LogP contribution in [0.3, 0.4) is 0 Å². The van der Waals surface area contributed by atoms with Crippen molar-refractivity contribution < 1.29 is 9.47 Å². The van der Waals surface area contributed by atoms with E-state index in [1.54, 1.807) is 0 Å². The minimum Gasteiger partial charge on any atom is -0.378 e. The third-order valence-electron chi connectivity index (χ3n) is 1.61. The molecule has 0 bridgehead atoms. The zero-order valence-corrected chi connectivity index (χ0v) is 10.1. The third kappa shape index (κ3) is 11.9. The van der Waals surface area contributed by atoms with Crippen LogP contribution < -0.4 is 5.32 Å². The van der Waals surface area contributed by atoms with Crippen molar-refractivity contribution in [1.29, 1.82) is 0 Å². The SMILES string of the molecule is CCCNCCOCCOC(C)(C)C. The standard InChI is InChI=1S/C11H25NO2/c1-5-6-12-7-8-13-9-10-14-11(2,3)4/h12H,5-10H2,1-4H3. The quantitative estimate of drug-likeness (QED) is 0.610. The molecular formula is C11H25NO2. The number of rotatable bonds is 8. The molecule has 0 atom stereocenters. The molecule has 0 aromatic heterocycles. The molecule has 0 aliphatic carbocycles. The molecule has 0 unspecified atom stereocenters. The smallest absolute Gasteiger partial charge is 0.0707 e. The van der Waals surface area contributed by atoms with Crippen molar-refractivity contribution >= 4 is 0 Å². The zero-order chi connectivity index (χ0) is 10.9. The Labute approximate surface area is 88.2 Å². The van der Waals surface area contributed by atoms with Crippen LogP contribution >= 0.6 is 0 Å². The molecule has 14 heavy (non-hydrogen) atoms. The molecule has 86 valence electrons. The topological polar surface area (TPSA) is 30.5 Å². The van der Waals surface area contributed by atoms with Gasteiger partial charge in [0, 0.05) is 6.54 Å². The summed E-state index contributed by atoms with van der Waals surface area (Å²) in [5, 5.41) is 3.28. The first-order valence-corrected chi connectivity index (χ1v) is 5.48. The predicted octanol–water partition coefficient (Wildman–Crippen LogP) is 1.82. The molecule has 0 saturated carbocycles. The Morgan fingerprint density at radius 1 is 1.00 bits per heavy atom. The third-order valence-corrected chi connectivity index (χ3v) is 1.61. The first kappa shape index (κ1) is 13.9. The van der Waals surface area contributed by atoms with Gasteiger partial charge in [-0.2, -0.15) is 0 Å². The van der Waals surface area contributed by atoms with Gasteiger partial charge in [-0.15, -0.1) is 0 Å². The van der Waals surface area contributed by atoms with Crippen molar-refractivity contribution in [2.24, 2.45) is 0 Å². The van der Waals surface area contributed by atoms with Crippen LogP contribution in [0.15, 0.2) is 0 Å². The van der Waals surface area contributed by atoms with Crippen LogP contribution in [0.4, 0.5) is 0 Å². The van der Waals surface area contributed by atoms with Crippen LogP contribution in [0.5, 0.6) is 0 Å². The first-order chi connectivity index (χ1) is 6.56. The van der Waals surface area contributed by atoms with Gasteiger partial charge in [0.25, 0.3) is 0 Å². The van der Waals surface area contributed by atoms with E-state index in [4.69, 9.17) is 9.47 Å². The van der Waals surface area contributed by atoms with E-state index in [0.29, 0.717) is 13.2 Å². The van der Waals surface area contributed by atoms with Crippen LogP contribution in [0.1, 0.15) is 34.1 Å². The molecule has 0 heterocycles. The largest absolute Gasteiger partial charge is 0.378 e. The van der Waals surface area contributed by atoms with E-state index in [-0.39, 0.29) is 5.60 Å². The summed E-state index contributed by atoms with van der Waals surface area (Å²) in [4.78, 5) is 0. The first-order valence-electron chi connectivity index (χ1n) is 5.48. The molecule has 0 spiro atoms. The normalized spacial score (nSPS) is 12.0. The fraction of sp³-hybridized carbons (Fsp3) is 1.00. The molecule has 0 amide bonds. The highest BCUT2D eigenvalue weighted by atomic mass is 16.5. The average Bonchev–Trinajstić information content (AvgIpc) is 2.08. The van der Waals surface area contributed by atoms with E-state index in [1.807, 2.05) is 0 Å². The molecule has 0 radical (unpaired) electrons.